The van der Waals surface area contributed by atoms with Crippen LogP contribution in [0.5, 0.6) is 0 Å². The normalized spacial score (nSPS) is 28.7. The van der Waals surface area contributed by atoms with Gasteiger partial charge in [0.25, 0.3) is 0 Å². The molecule has 4 nitrogen and oxygen atoms in total. The Morgan fingerprint density at radius 1 is 1.54 bits per heavy atom. The van der Waals surface area contributed by atoms with E-state index in [2.05, 4.69) is 5.32 Å². The van der Waals surface area contributed by atoms with Crippen LogP contribution in [0.25, 0.3) is 0 Å². The topological polar surface area (TPSA) is 66.4 Å². The van der Waals surface area contributed by atoms with Gasteiger partial charge in [-0.1, -0.05) is 20.8 Å². The second-order valence-corrected chi connectivity index (χ2v) is 4.59. The maximum absolute atomic E-state index is 11.1. The van der Waals surface area contributed by atoms with Crippen LogP contribution in [0.15, 0.2) is 0 Å². The van der Waals surface area contributed by atoms with Gasteiger partial charge in [-0.05, 0) is 5.41 Å². The van der Waals surface area contributed by atoms with Gasteiger partial charge in [-0.15, -0.1) is 0 Å². The minimum Gasteiger partial charge on any atom is -0.481 e. The van der Waals surface area contributed by atoms with Crippen LogP contribution in [0.2, 0.25) is 0 Å². The van der Waals surface area contributed by atoms with Gasteiger partial charge >= 0.3 is 5.97 Å². The van der Waals surface area contributed by atoms with Crippen molar-refractivity contribution in [3.05, 3.63) is 0 Å². The number of carboxylic acids is 1. The zero-order valence-corrected chi connectivity index (χ0v) is 8.18. The lowest BCUT2D eigenvalue weighted by Crippen LogP contribution is -2.44. The molecule has 1 fully saturated rings. The van der Waals surface area contributed by atoms with Crippen LogP contribution >= 0.6 is 0 Å². The molecule has 1 unspecified atom stereocenters. The van der Waals surface area contributed by atoms with E-state index < -0.39 is 16.8 Å². The van der Waals surface area contributed by atoms with Crippen molar-refractivity contribution in [1.82, 2.24) is 5.32 Å². The molecule has 1 aliphatic rings. The molecule has 2 N–H and O–H groups in total. The first kappa shape index (κ1) is 10.0. The van der Waals surface area contributed by atoms with Gasteiger partial charge < -0.3 is 10.4 Å². The molecule has 0 aromatic carbocycles. The van der Waals surface area contributed by atoms with Gasteiger partial charge in [0.05, 0.1) is 5.41 Å². The van der Waals surface area contributed by atoms with Gasteiger partial charge in [-0.25, -0.2) is 0 Å². The lowest BCUT2D eigenvalue weighted by molar-refractivity contribution is -0.155. The van der Waals surface area contributed by atoms with E-state index in [1.165, 1.54) is 0 Å². The molecule has 1 heterocycles. The fourth-order valence-electron chi connectivity index (χ4n) is 1.65. The SMILES string of the molecule is CC(C)(C)C1(C(=O)O)CNC(=O)C1. The van der Waals surface area contributed by atoms with Crippen molar-refractivity contribution < 1.29 is 14.7 Å². The highest BCUT2D eigenvalue weighted by Gasteiger charge is 2.53. The van der Waals surface area contributed by atoms with Crippen LogP contribution in [0, 0.1) is 10.8 Å². The molecule has 4 heteroatoms. The number of carboxylic acid groups (broad SMARTS) is 1. The van der Waals surface area contributed by atoms with E-state index in [-0.39, 0.29) is 18.9 Å². The zero-order chi connectivity index (χ0) is 10.3. The Hall–Kier alpha value is -1.06. The summed E-state index contributed by atoms with van der Waals surface area (Å²) in [6.07, 6.45) is 0.0891. The molecule has 0 spiro atoms. The van der Waals surface area contributed by atoms with Gasteiger partial charge in [0, 0.05) is 13.0 Å². The van der Waals surface area contributed by atoms with Gasteiger partial charge in [0.15, 0.2) is 0 Å². The highest BCUT2D eigenvalue weighted by Crippen LogP contribution is 2.43. The van der Waals surface area contributed by atoms with Crippen LogP contribution in [0.1, 0.15) is 27.2 Å². The third kappa shape index (κ3) is 1.41. The van der Waals surface area contributed by atoms with Gasteiger partial charge in [-0.2, -0.15) is 0 Å². The quantitative estimate of drug-likeness (QED) is 0.629. The second kappa shape index (κ2) is 2.72. The molecule has 0 saturated carbocycles. The van der Waals surface area contributed by atoms with Crippen LogP contribution < -0.4 is 5.32 Å². The van der Waals surface area contributed by atoms with E-state index in [4.69, 9.17) is 5.11 Å². The molecular formula is C9H15NO3. The van der Waals surface area contributed by atoms with E-state index in [9.17, 15) is 9.59 Å². The van der Waals surface area contributed by atoms with Crippen LogP contribution in [0.3, 0.4) is 0 Å². The Kier molecular flexibility index (Phi) is 2.10. The summed E-state index contributed by atoms with van der Waals surface area (Å²) in [5.74, 6) is -1.06. The summed E-state index contributed by atoms with van der Waals surface area (Å²) >= 11 is 0. The highest BCUT2D eigenvalue weighted by atomic mass is 16.4. The van der Waals surface area contributed by atoms with Crippen LogP contribution in [-0.4, -0.2) is 23.5 Å². The molecule has 1 atom stereocenters. The lowest BCUT2D eigenvalue weighted by atomic mass is 9.66. The van der Waals surface area contributed by atoms with Gasteiger partial charge in [0.1, 0.15) is 0 Å². The molecule has 1 rings (SSSR count). The summed E-state index contributed by atoms with van der Waals surface area (Å²) in [6, 6.07) is 0. The number of rotatable bonds is 1. The van der Waals surface area contributed by atoms with E-state index in [0.29, 0.717) is 0 Å². The summed E-state index contributed by atoms with van der Waals surface area (Å²) < 4.78 is 0. The monoisotopic (exact) mass is 185 g/mol. The number of hydrogen-bond donors (Lipinski definition) is 2. The fraction of sp³-hybridized carbons (Fsp3) is 0.778. The van der Waals surface area contributed by atoms with E-state index in [1.54, 1.807) is 0 Å². The molecule has 0 aromatic rings. The number of carbonyl (C=O) groups excluding carboxylic acids is 1. The van der Waals surface area contributed by atoms with Crippen molar-refractivity contribution in [2.24, 2.45) is 10.8 Å². The number of carbonyl (C=O) groups is 2. The molecule has 1 amide bonds. The van der Waals surface area contributed by atoms with Crippen molar-refractivity contribution in [1.29, 1.82) is 0 Å². The smallest absolute Gasteiger partial charge is 0.312 e. The fourth-order valence-corrected chi connectivity index (χ4v) is 1.65. The Morgan fingerprint density at radius 2 is 2.08 bits per heavy atom. The van der Waals surface area contributed by atoms with Crippen LogP contribution in [-0.2, 0) is 9.59 Å². The van der Waals surface area contributed by atoms with Crippen LogP contribution in [0.4, 0.5) is 0 Å². The van der Waals surface area contributed by atoms with Gasteiger partial charge in [0.2, 0.25) is 5.91 Å². The molecule has 74 valence electrons. The summed E-state index contributed by atoms with van der Waals surface area (Å²) in [5.41, 5.74) is -1.35. The number of hydrogen-bond acceptors (Lipinski definition) is 2. The molecule has 13 heavy (non-hydrogen) atoms. The van der Waals surface area contributed by atoms with Crippen molar-refractivity contribution in [3.63, 3.8) is 0 Å². The maximum Gasteiger partial charge on any atom is 0.312 e. The minimum atomic E-state index is -0.940. The molecule has 1 aliphatic heterocycles. The van der Waals surface area contributed by atoms with Crippen molar-refractivity contribution >= 4 is 11.9 Å². The van der Waals surface area contributed by atoms with Gasteiger partial charge in [-0.3, -0.25) is 9.59 Å². The predicted molar refractivity (Wildman–Crippen MR) is 47.2 cm³/mol. The average molecular weight is 185 g/mol. The minimum absolute atomic E-state index is 0.0891. The molecule has 0 aromatic heterocycles. The number of aliphatic carboxylic acids is 1. The molecular weight excluding hydrogens is 170 g/mol. The zero-order valence-electron chi connectivity index (χ0n) is 8.18. The Balaban J connectivity index is 3.04. The Labute approximate surface area is 77.3 Å². The average Bonchev–Trinajstić information content (AvgIpc) is 2.30. The molecule has 0 bridgehead atoms. The summed E-state index contributed by atoms with van der Waals surface area (Å²) in [7, 11) is 0. The molecule has 0 radical (unpaired) electrons. The Morgan fingerprint density at radius 3 is 2.23 bits per heavy atom. The third-order valence-electron chi connectivity index (χ3n) is 2.89. The van der Waals surface area contributed by atoms with E-state index >= 15 is 0 Å². The first-order chi connectivity index (χ1) is 5.79. The van der Waals surface area contributed by atoms with E-state index in [1.807, 2.05) is 20.8 Å². The summed E-state index contributed by atoms with van der Waals surface area (Å²) in [6.45, 7) is 5.79. The predicted octanol–water partition coefficient (Wildman–Crippen LogP) is 0.623. The van der Waals surface area contributed by atoms with E-state index in [0.717, 1.165) is 0 Å². The number of amides is 1. The molecule has 1 saturated heterocycles. The summed E-state index contributed by atoms with van der Waals surface area (Å²) in [5, 5.41) is 11.7. The molecule has 0 aliphatic carbocycles. The maximum atomic E-state index is 11.1. The third-order valence-corrected chi connectivity index (χ3v) is 2.89. The van der Waals surface area contributed by atoms with Crippen molar-refractivity contribution in [2.75, 3.05) is 6.54 Å². The second-order valence-electron chi connectivity index (χ2n) is 4.59. The first-order valence-electron chi connectivity index (χ1n) is 4.30. The largest absolute Gasteiger partial charge is 0.481 e. The Bertz CT molecular complexity index is 254. The first-order valence-corrected chi connectivity index (χ1v) is 4.30. The lowest BCUT2D eigenvalue weighted by Gasteiger charge is -2.36. The standard InChI is InChI=1S/C9H15NO3/c1-8(2,3)9(7(12)13)4-6(11)10-5-9/h4-5H2,1-3H3,(H,10,11)(H,12,13). The van der Waals surface area contributed by atoms with Crippen molar-refractivity contribution in [3.8, 4) is 0 Å². The highest BCUT2D eigenvalue weighted by molar-refractivity contribution is 5.89. The number of nitrogens with one attached hydrogen (secondary N) is 1. The summed E-state index contributed by atoms with van der Waals surface area (Å²) in [4.78, 5) is 22.2. The van der Waals surface area contributed by atoms with Crippen molar-refractivity contribution in [2.45, 2.75) is 27.2 Å².